The third-order valence-corrected chi connectivity index (χ3v) is 9.95. The number of ether oxygens (including phenoxy) is 2. The van der Waals surface area contributed by atoms with Crippen molar-refractivity contribution in [2.75, 3.05) is 32.8 Å². The molecular formula is C45H85NO5. The zero-order chi connectivity index (χ0) is 37.6. The molecule has 6 heteroatoms. The maximum Gasteiger partial charge on any atom is 0.306 e. The molecule has 1 N–H and O–H groups in total. The third kappa shape index (κ3) is 36.5. The SMILES string of the molecule is CCCCCCCCC(CCCCCCCC)OC(=O)CCCCCCCN(CCO)CCCCCCCC(=O)OC/C=C(/C)CCC=C(C)C. The lowest BCUT2D eigenvalue weighted by Gasteiger charge is -2.21. The van der Waals surface area contributed by atoms with Gasteiger partial charge in [-0.3, -0.25) is 9.59 Å². The average molecular weight is 720 g/mol. The molecule has 0 rings (SSSR count). The topological polar surface area (TPSA) is 76.1 Å². The molecule has 0 aliphatic carbocycles. The van der Waals surface area contributed by atoms with Crippen LogP contribution < -0.4 is 0 Å². The summed E-state index contributed by atoms with van der Waals surface area (Å²) in [6, 6.07) is 0. The van der Waals surface area contributed by atoms with E-state index in [2.05, 4.69) is 45.6 Å². The van der Waals surface area contributed by atoms with E-state index >= 15 is 0 Å². The molecule has 0 radical (unpaired) electrons. The number of aliphatic hydroxyl groups excluding tert-OH is 1. The molecule has 0 amide bonds. The van der Waals surface area contributed by atoms with E-state index < -0.39 is 0 Å². The Labute approximate surface area is 317 Å². The second-order valence-electron chi connectivity index (χ2n) is 15.4. The van der Waals surface area contributed by atoms with E-state index in [1.807, 2.05) is 6.08 Å². The van der Waals surface area contributed by atoms with Gasteiger partial charge in [0.2, 0.25) is 0 Å². The van der Waals surface area contributed by atoms with Gasteiger partial charge in [0, 0.05) is 19.4 Å². The quantitative estimate of drug-likeness (QED) is 0.0389. The zero-order valence-electron chi connectivity index (χ0n) is 34.6. The maximum absolute atomic E-state index is 12.7. The lowest BCUT2D eigenvalue weighted by molar-refractivity contribution is -0.150. The van der Waals surface area contributed by atoms with Crippen molar-refractivity contribution >= 4 is 11.9 Å². The molecule has 0 fully saturated rings. The van der Waals surface area contributed by atoms with Crippen LogP contribution in [-0.4, -0.2) is 60.9 Å². The number of unbranched alkanes of at least 4 members (excludes halogenated alkanes) is 18. The normalized spacial score (nSPS) is 11.8. The van der Waals surface area contributed by atoms with Gasteiger partial charge in [-0.1, -0.05) is 134 Å². The standard InChI is InChI=1S/C45H85NO5/c1-6-8-10-12-16-22-31-43(32-23-17-13-11-9-7-2)51-45(49)34-25-19-15-21-27-37-46(38-39-47)36-26-20-14-18-24-33-44(48)50-40-35-42(5)30-28-29-41(3)4/h29,35,43,47H,6-28,30-34,36-40H2,1-5H3/b42-35-. The lowest BCUT2D eigenvalue weighted by Crippen LogP contribution is -2.29. The largest absolute Gasteiger partial charge is 0.462 e. The van der Waals surface area contributed by atoms with E-state index in [1.165, 1.54) is 88.2 Å². The van der Waals surface area contributed by atoms with Crippen molar-refractivity contribution < 1.29 is 24.2 Å². The number of aliphatic hydroxyl groups is 1. The van der Waals surface area contributed by atoms with Crippen LogP contribution in [0.15, 0.2) is 23.3 Å². The van der Waals surface area contributed by atoms with Crippen LogP contribution in [0.4, 0.5) is 0 Å². The summed E-state index contributed by atoms with van der Waals surface area (Å²) in [4.78, 5) is 27.1. The second-order valence-corrected chi connectivity index (χ2v) is 15.4. The number of rotatable bonds is 38. The van der Waals surface area contributed by atoms with E-state index in [9.17, 15) is 14.7 Å². The Morgan fingerprint density at radius 2 is 1.04 bits per heavy atom. The third-order valence-electron chi connectivity index (χ3n) is 9.95. The van der Waals surface area contributed by atoms with Gasteiger partial charge in [-0.25, -0.2) is 0 Å². The predicted molar refractivity (Wildman–Crippen MR) is 218 cm³/mol. The van der Waals surface area contributed by atoms with E-state index in [4.69, 9.17) is 9.47 Å². The van der Waals surface area contributed by atoms with Gasteiger partial charge < -0.3 is 19.5 Å². The minimum absolute atomic E-state index is 0.00950. The molecule has 0 saturated carbocycles. The summed E-state index contributed by atoms with van der Waals surface area (Å²) in [6.45, 7) is 14.2. The molecule has 0 aromatic rings. The van der Waals surface area contributed by atoms with Crippen LogP contribution in [0.2, 0.25) is 0 Å². The predicted octanol–water partition coefficient (Wildman–Crippen LogP) is 12.6. The first-order valence-corrected chi connectivity index (χ1v) is 21.8. The Kier molecular flexibility index (Phi) is 36.8. The summed E-state index contributed by atoms with van der Waals surface area (Å²) in [5.74, 6) is -0.0843. The Morgan fingerprint density at radius 1 is 0.569 bits per heavy atom. The molecule has 6 nitrogen and oxygen atoms in total. The molecule has 0 heterocycles. The van der Waals surface area contributed by atoms with Gasteiger partial charge in [-0.05, 0) is 104 Å². The van der Waals surface area contributed by atoms with Crippen LogP contribution in [0.5, 0.6) is 0 Å². The summed E-state index contributed by atoms with van der Waals surface area (Å²) in [7, 11) is 0. The highest BCUT2D eigenvalue weighted by Gasteiger charge is 2.14. The average Bonchev–Trinajstić information content (AvgIpc) is 3.09. The van der Waals surface area contributed by atoms with Crippen LogP contribution in [0.25, 0.3) is 0 Å². The molecule has 0 aromatic heterocycles. The highest BCUT2D eigenvalue weighted by atomic mass is 16.5. The van der Waals surface area contributed by atoms with E-state index in [-0.39, 0.29) is 24.6 Å². The van der Waals surface area contributed by atoms with Crippen molar-refractivity contribution in [1.82, 2.24) is 4.90 Å². The van der Waals surface area contributed by atoms with Crippen LogP contribution in [0.3, 0.4) is 0 Å². The van der Waals surface area contributed by atoms with Crippen molar-refractivity contribution in [3.8, 4) is 0 Å². The number of esters is 2. The molecule has 0 saturated heterocycles. The Balaban J connectivity index is 4.03. The monoisotopic (exact) mass is 720 g/mol. The number of hydrogen-bond donors (Lipinski definition) is 1. The number of carbonyl (C=O) groups excluding carboxylic acids is 2. The first kappa shape index (κ1) is 49.3. The molecule has 0 unspecified atom stereocenters. The summed E-state index contributed by atoms with van der Waals surface area (Å²) < 4.78 is 11.4. The number of carbonyl (C=O) groups is 2. The smallest absolute Gasteiger partial charge is 0.306 e. The highest BCUT2D eigenvalue weighted by Crippen LogP contribution is 2.18. The molecule has 0 bridgehead atoms. The highest BCUT2D eigenvalue weighted by molar-refractivity contribution is 5.69. The molecule has 0 aliphatic rings. The molecule has 0 aromatic carbocycles. The maximum atomic E-state index is 12.7. The van der Waals surface area contributed by atoms with E-state index in [1.54, 1.807) is 0 Å². The van der Waals surface area contributed by atoms with Crippen LogP contribution in [0.1, 0.15) is 214 Å². The van der Waals surface area contributed by atoms with Crippen LogP contribution >= 0.6 is 0 Å². The van der Waals surface area contributed by atoms with Crippen molar-refractivity contribution in [3.05, 3.63) is 23.3 Å². The van der Waals surface area contributed by atoms with Gasteiger partial charge in [-0.15, -0.1) is 0 Å². The van der Waals surface area contributed by atoms with Gasteiger partial charge in [0.25, 0.3) is 0 Å². The van der Waals surface area contributed by atoms with Gasteiger partial charge in [0.1, 0.15) is 12.7 Å². The molecular weight excluding hydrogens is 634 g/mol. The Morgan fingerprint density at radius 3 is 1.55 bits per heavy atom. The van der Waals surface area contributed by atoms with E-state index in [0.717, 1.165) is 110 Å². The lowest BCUT2D eigenvalue weighted by atomic mass is 10.0. The molecule has 0 spiro atoms. The zero-order valence-corrected chi connectivity index (χ0v) is 34.6. The van der Waals surface area contributed by atoms with Gasteiger partial charge in [0.05, 0.1) is 6.61 Å². The first-order chi connectivity index (χ1) is 24.8. The van der Waals surface area contributed by atoms with Crippen LogP contribution in [-0.2, 0) is 19.1 Å². The summed E-state index contributed by atoms with van der Waals surface area (Å²) in [5, 5.41) is 9.55. The van der Waals surface area contributed by atoms with Crippen molar-refractivity contribution in [3.63, 3.8) is 0 Å². The Hall–Kier alpha value is -1.66. The fraction of sp³-hybridized carbons (Fsp3) is 0.867. The first-order valence-electron chi connectivity index (χ1n) is 21.8. The van der Waals surface area contributed by atoms with Crippen LogP contribution in [0, 0.1) is 0 Å². The van der Waals surface area contributed by atoms with Crippen molar-refractivity contribution in [2.45, 2.75) is 221 Å². The Bertz CT molecular complexity index is 834. The fourth-order valence-electron chi connectivity index (χ4n) is 6.60. The molecule has 0 atom stereocenters. The van der Waals surface area contributed by atoms with Crippen molar-refractivity contribution in [2.24, 2.45) is 0 Å². The second kappa shape index (κ2) is 38.1. The number of hydrogen-bond acceptors (Lipinski definition) is 6. The number of nitrogens with zero attached hydrogens (tertiary/aromatic N) is 1. The van der Waals surface area contributed by atoms with Crippen molar-refractivity contribution in [1.29, 1.82) is 0 Å². The molecule has 0 aliphatic heterocycles. The molecule has 51 heavy (non-hydrogen) atoms. The summed E-state index contributed by atoms with van der Waals surface area (Å²) in [5.41, 5.74) is 2.61. The minimum atomic E-state index is -0.0938. The summed E-state index contributed by atoms with van der Waals surface area (Å²) in [6.07, 6.45) is 35.7. The van der Waals surface area contributed by atoms with E-state index in [0.29, 0.717) is 19.4 Å². The van der Waals surface area contributed by atoms with Gasteiger partial charge in [-0.2, -0.15) is 0 Å². The number of allylic oxidation sites excluding steroid dienone is 3. The van der Waals surface area contributed by atoms with Gasteiger partial charge >= 0.3 is 11.9 Å². The minimum Gasteiger partial charge on any atom is -0.462 e. The van der Waals surface area contributed by atoms with Gasteiger partial charge in [0.15, 0.2) is 0 Å². The summed E-state index contributed by atoms with van der Waals surface area (Å²) >= 11 is 0. The fourth-order valence-corrected chi connectivity index (χ4v) is 6.60. The molecule has 300 valence electrons.